The zero-order chi connectivity index (χ0) is 21.0. The number of hydrogen-bond acceptors (Lipinski definition) is 4. The van der Waals surface area contributed by atoms with Crippen LogP contribution < -0.4 is 5.32 Å². The number of nitrogens with zero attached hydrogens (tertiary/aromatic N) is 2. The lowest BCUT2D eigenvalue weighted by molar-refractivity contribution is -0.151. The molecule has 1 amide bonds. The van der Waals surface area contributed by atoms with Crippen LogP contribution in [0.4, 0.5) is 0 Å². The maximum absolute atomic E-state index is 13.4. The Morgan fingerprint density at radius 2 is 1.97 bits per heavy atom. The molecule has 6 nitrogen and oxygen atoms in total. The second-order valence-electron chi connectivity index (χ2n) is 9.28. The third-order valence-electron chi connectivity index (χ3n) is 6.74. The molecule has 1 aromatic rings. The highest BCUT2D eigenvalue weighted by atomic mass is 16.4. The maximum atomic E-state index is 13.4. The second kappa shape index (κ2) is 9.24. The molecule has 29 heavy (non-hydrogen) atoms. The lowest BCUT2D eigenvalue weighted by Gasteiger charge is -2.36. The van der Waals surface area contributed by atoms with Gasteiger partial charge in [-0.25, -0.2) is 0 Å². The molecule has 1 aliphatic carbocycles. The number of carbonyl (C=O) groups is 2. The normalized spacial score (nSPS) is 29.0. The van der Waals surface area contributed by atoms with E-state index in [9.17, 15) is 14.7 Å². The first-order chi connectivity index (χ1) is 13.8. The van der Waals surface area contributed by atoms with Gasteiger partial charge in [0, 0.05) is 24.5 Å². The first kappa shape index (κ1) is 21.8. The molecule has 0 spiro atoms. The van der Waals surface area contributed by atoms with Crippen molar-refractivity contribution in [1.29, 1.82) is 0 Å². The largest absolute Gasteiger partial charge is 0.480 e. The molecular formula is C23H35N3O3. The van der Waals surface area contributed by atoms with Crippen LogP contribution in [0.2, 0.25) is 0 Å². The van der Waals surface area contributed by atoms with Crippen LogP contribution in [0.5, 0.6) is 0 Å². The van der Waals surface area contributed by atoms with E-state index in [4.69, 9.17) is 0 Å². The fourth-order valence-corrected chi connectivity index (χ4v) is 5.36. The molecule has 2 aliphatic rings. The van der Waals surface area contributed by atoms with E-state index in [1.807, 2.05) is 37.9 Å². The van der Waals surface area contributed by atoms with Crippen molar-refractivity contribution in [2.24, 2.45) is 11.8 Å². The third-order valence-corrected chi connectivity index (χ3v) is 6.74. The molecule has 3 atom stereocenters. The van der Waals surface area contributed by atoms with Crippen molar-refractivity contribution in [2.75, 3.05) is 7.05 Å². The number of amides is 1. The molecule has 2 N–H and O–H groups in total. The van der Waals surface area contributed by atoms with Crippen molar-refractivity contribution in [2.45, 2.75) is 82.8 Å². The van der Waals surface area contributed by atoms with E-state index >= 15 is 0 Å². The number of carbonyl (C=O) groups excluding carboxylic acids is 1. The first-order valence-corrected chi connectivity index (χ1v) is 11.0. The number of hydrogen-bond donors (Lipinski definition) is 2. The lowest BCUT2D eigenvalue weighted by atomic mass is 9.83. The predicted molar refractivity (Wildman–Crippen MR) is 112 cm³/mol. The number of aliphatic carboxylic acids is 1. The third kappa shape index (κ3) is 4.63. The molecule has 2 fully saturated rings. The molecule has 0 aromatic carbocycles. The van der Waals surface area contributed by atoms with Gasteiger partial charge in [-0.2, -0.15) is 0 Å². The minimum Gasteiger partial charge on any atom is -0.480 e. The summed E-state index contributed by atoms with van der Waals surface area (Å²) in [7, 11) is 1.85. The van der Waals surface area contributed by atoms with Crippen LogP contribution in [0, 0.1) is 11.8 Å². The topological polar surface area (TPSA) is 82.5 Å². The van der Waals surface area contributed by atoms with Crippen molar-refractivity contribution in [1.82, 2.24) is 15.2 Å². The number of rotatable bonds is 6. The molecule has 160 valence electrons. The van der Waals surface area contributed by atoms with E-state index in [1.165, 1.54) is 12.8 Å². The SMILES string of the molecule is CC(C)C[C@]1(C(=O)O)C[C@@H](C(=O)NC2CCCCCC2)[C@@H](c2cccnc2)N1C. The van der Waals surface area contributed by atoms with Gasteiger partial charge in [0.15, 0.2) is 0 Å². The number of carboxylic acid groups (broad SMARTS) is 1. The van der Waals surface area contributed by atoms with Crippen LogP contribution in [0.25, 0.3) is 0 Å². The van der Waals surface area contributed by atoms with Crippen molar-refractivity contribution in [3.63, 3.8) is 0 Å². The summed E-state index contributed by atoms with van der Waals surface area (Å²) in [5, 5.41) is 13.5. The summed E-state index contributed by atoms with van der Waals surface area (Å²) in [4.78, 5) is 32.0. The van der Waals surface area contributed by atoms with Gasteiger partial charge in [0.1, 0.15) is 5.54 Å². The molecular weight excluding hydrogens is 366 g/mol. The number of nitrogens with one attached hydrogen (secondary N) is 1. The second-order valence-corrected chi connectivity index (χ2v) is 9.28. The Balaban J connectivity index is 1.91. The van der Waals surface area contributed by atoms with Crippen LogP contribution >= 0.6 is 0 Å². The zero-order valence-corrected chi connectivity index (χ0v) is 17.9. The van der Waals surface area contributed by atoms with E-state index in [0.717, 1.165) is 31.2 Å². The monoisotopic (exact) mass is 401 g/mol. The highest BCUT2D eigenvalue weighted by Gasteiger charge is 2.57. The first-order valence-electron chi connectivity index (χ1n) is 11.0. The molecule has 1 aromatic heterocycles. The van der Waals surface area contributed by atoms with Gasteiger partial charge in [-0.1, -0.05) is 45.6 Å². The Kier molecular flexibility index (Phi) is 6.93. The van der Waals surface area contributed by atoms with Gasteiger partial charge in [0.05, 0.1) is 5.92 Å². The van der Waals surface area contributed by atoms with E-state index < -0.39 is 17.4 Å². The minimum absolute atomic E-state index is 0.00974. The average molecular weight is 402 g/mol. The molecule has 3 rings (SSSR count). The molecule has 1 saturated heterocycles. The van der Waals surface area contributed by atoms with Gasteiger partial charge in [0.25, 0.3) is 0 Å². The minimum atomic E-state index is -1.04. The standard InChI is InChI=1S/C23H35N3O3/c1-16(2)13-23(22(28)29)14-19(20(26(23)3)17-9-8-12-24-15-17)21(27)25-18-10-6-4-5-7-11-18/h8-9,12,15-16,18-20H,4-7,10-11,13-14H2,1-3H3,(H,25,27)(H,28,29)/t19-,20-,23-/m1/s1. The molecule has 1 saturated carbocycles. The summed E-state index contributed by atoms with van der Waals surface area (Å²) in [6.45, 7) is 4.08. The maximum Gasteiger partial charge on any atom is 0.324 e. The Hall–Kier alpha value is -1.95. The fourth-order valence-electron chi connectivity index (χ4n) is 5.36. The van der Waals surface area contributed by atoms with Gasteiger partial charge >= 0.3 is 5.97 Å². The lowest BCUT2D eigenvalue weighted by Crippen LogP contribution is -2.50. The van der Waals surface area contributed by atoms with Crippen molar-refractivity contribution in [3.05, 3.63) is 30.1 Å². The Labute approximate surface area is 174 Å². The zero-order valence-electron chi connectivity index (χ0n) is 17.9. The average Bonchev–Trinajstić information content (AvgIpc) is 2.83. The highest BCUT2D eigenvalue weighted by Crippen LogP contribution is 2.48. The summed E-state index contributed by atoms with van der Waals surface area (Å²) in [6, 6.07) is 3.72. The number of likely N-dealkylation sites (tertiary alicyclic amines) is 1. The summed E-state index contributed by atoms with van der Waals surface area (Å²) in [6.07, 6.45) is 11.1. The Bertz CT molecular complexity index is 701. The van der Waals surface area contributed by atoms with Crippen molar-refractivity contribution < 1.29 is 14.7 Å². The van der Waals surface area contributed by atoms with E-state index in [0.29, 0.717) is 12.8 Å². The smallest absolute Gasteiger partial charge is 0.324 e. The summed E-state index contributed by atoms with van der Waals surface area (Å²) in [5.41, 5.74) is -0.136. The fraction of sp³-hybridized carbons (Fsp3) is 0.696. The highest BCUT2D eigenvalue weighted by molar-refractivity contribution is 5.85. The van der Waals surface area contributed by atoms with E-state index in [1.54, 1.807) is 12.4 Å². The van der Waals surface area contributed by atoms with Gasteiger partial charge < -0.3 is 10.4 Å². The van der Waals surface area contributed by atoms with Crippen LogP contribution in [-0.2, 0) is 9.59 Å². The van der Waals surface area contributed by atoms with Crippen LogP contribution in [0.15, 0.2) is 24.5 Å². The van der Waals surface area contributed by atoms with Gasteiger partial charge in [0.2, 0.25) is 5.91 Å². The van der Waals surface area contributed by atoms with Crippen molar-refractivity contribution in [3.8, 4) is 0 Å². The Morgan fingerprint density at radius 3 is 2.52 bits per heavy atom. The molecule has 0 radical (unpaired) electrons. The number of aromatic nitrogens is 1. The molecule has 6 heteroatoms. The summed E-state index contributed by atoms with van der Waals surface area (Å²) in [5.74, 6) is -1.04. The molecule has 2 heterocycles. The quantitative estimate of drug-likeness (QED) is 0.709. The number of pyridine rings is 1. The van der Waals surface area contributed by atoms with Gasteiger partial charge in [-0.15, -0.1) is 0 Å². The molecule has 0 bridgehead atoms. The van der Waals surface area contributed by atoms with Gasteiger partial charge in [-0.3, -0.25) is 19.5 Å². The molecule has 1 aliphatic heterocycles. The van der Waals surface area contributed by atoms with Gasteiger partial charge in [-0.05, 0) is 50.3 Å². The van der Waals surface area contributed by atoms with E-state index in [2.05, 4.69) is 10.3 Å². The molecule has 0 unspecified atom stereocenters. The van der Waals surface area contributed by atoms with E-state index in [-0.39, 0.29) is 23.9 Å². The van der Waals surface area contributed by atoms with Crippen LogP contribution in [0.1, 0.15) is 76.8 Å². The van der Waals surface area contributed by atoms with Crippen LogP contribution in [-0.4, -0.2) is 45.5 Å². The van der Waals surface area contributed by atoms with Crippen LogP contribution in [0.3, 0.4) is 0 Å². The summed E-state index contributed by atoms with van der Waals surface area (Å²) >= 11 is 0. The summed E-state index contributed by atoms with van der Waals surface area (Å²) < 4.78 is 0. The number of carboxylic acids is 1. The predicted octanol–water partition coefficient (Wildman–Crippen LogP) is 3.78. The number of likely N-dealkylation sites (N-methyl/N-ethyl adjacent to an activating group) is 1. The Morgan fingerprint density at radius 1 is 1.28 bits per heavy atom. The van der Waals surface area contributed by atoms with Crippen molar-refractivity contribution >= 4 is 11.9 Å².